The SMILES string of the molecule is CC(C)C1=NN2C(=N)/C(=C\c3ccc(-c4ccc(F)c(Cl)c4)o3)C(=O)N=C2S1. The fraction of sp³-hybridized carbons (Fsp3) is 0.158. The lowest BCUT2D eigenvalue weighted by Crippen LogP contribution is -2.35. The molecule has 142 valence electrons. The van der Waals surface area contributed by atoms with Crippen LogP contribution in [0.25, 0.3) is 17.4 Å². The Morgan fingerprint density at radius 1 is 1.32 bits per heavy atom. The molecule has 4 rings (SSSR count). The van der Waals surface area contributed by atoms with Gasteiger partial charge in [0.05, 0.1) is 10.6 Å². The van der Waals surface area contributed by atoms with E-state index in [1.54, 1.807) is 18.2 Å². The predicted molar refractivity (Wildman–Crippen MR) is 109 cm³/mol. The smallest absolute Gasteiger partial charge is 0.283 e. The molecule has 6 nitrogen and oxygen atoms in total. The molecule has 2 aromatic rings. The molecule has 1 N–H and O–H groups in total. The van der Waals surface area contributed by atoms with E-state index in [0.717, 1.165) is 5.04 Å². The van der Waals surface area contributed by atoms with Crippen LogP contribution < -0.4 is 0 Å². The van der Waals surface area contributed by atoms with E-state index in [9.17, 15) is 9.18 Å². The average Bonchev–Trinajstić information content (AvgIpc) is 3.28. The summed E-state index contributed by atoms with van der Waals surface area (Å²) in [5.74, 6) is -0.0952. The molecule has 2 aliphatic rings. The summed E-state index contributed by atoms with van der Waals surface area (Å²) >= 11 is 7.11. The Kier molecular flexibility index (Phi) is 4.68. The molecular weight excluding hydrogens is 403 g/mol. The first-order valence-electron chi connectivity index (χ1n) is 8.39. The maximum atomic E-state index is 13.3. The molecule has 3 heterocycles. The van der Waals surface area contributed by atoms with Gasteiger partial charge in [-0.2, -0.15) is 15.1 Å². The number of carbonyl (C=O) groups excluding carboxylic acids is 1. The zero-order valence-corrected chi connectivity index (χ0v) is 16.4. The van der Waals surface area contributed by atoms with Crippen LogP contribution in [0.1, 0.15) is 19.6 Å². The molecule has 0 saturated heterocycles. The number of benzene rings is 1. The van der Waals surface area contributed by atoms with Crippen molar-refractivity contribution in [3.63, 3.8) is 0 Å². The van der Waals surface area contributed by atoms with Gasteiger partial charge in [0.2, 0.25) is 5.17 Å². The Labute approximate surface area is 169 Å². The average molecular weight is 417 g/mol. The van der Waals surface area contributed by atoms with Gasteiger partial charge in [0.1, 0.15) is 22.4 Å². The lowest BCUT2D eigenvalue weighted by Gasteiger charge is -2.19. The minimum absolute atomic E-state index is 0.00902. The van der Waals surface area contributed by atoms with E-state index >= 15 is 0 Å². The quantitative estimate of drug-likeness (QED) is 0.712. The van der Waals surface area contributed by atoms with Crippen LogP contribution in [0.2, 0.25) is 5.02 Å². The van der Waals surface area contributed by atoms with Crippen LogP contribution in [0, 0.1) is 17.1 Å². The monoisotopic (exact) mass is 416 g/mol. The lowest BCUT2D eigenvalue weighted by atomic mass is 10.1. The largest absolute Gasteiger partial charge is 0.457 e. The standard InChI is InChI=1S/C19H14ClFN4O2S/c1-9(2)18-24-25-16(22)12(17(26)23-19(25)28-18)8-11-4-6-15(27-11)10-3-5-14(21)13(20)7-10/h3-9,22H,1-2H3/b12-8+,22-16?. The van der Waals surface area contributed by atoms with Gasteiger partial charge in [0.15, 0.2) is 5.84 Å². The van der Waals surface area contributed by atoms with E-state index in [-0.39, 0.29) is 22.3 Å². The van der Waals surface area contributed by atoms with Crippen LogP contribution in [-0.2, 0) is 4.79 Å². The van der Waals surface area contributed by atoms with Gasteiger partial charge in [-0.3, -0.25) is 10.2 Å². The molecule has 0 fully saturated rings. The van der Waals surface area contributed by atoms with Crippen LogP contribution in [0.5, 0.6) is 0 Å². The number of hydrogen-bond acceptors (Lipinski definition) is 5. The third-order valence-corrected chi connectivity index (χ3v) is 5.58. The van der Waals surface area contributed by atoms with Crippen molar-refractivity contribution >= 4 is 51.4 Å². The van der Waals surface area contributed by atoms with Crippen molar-refractivity contribution in [3.8, 4) is 11.3 Å². The summed E-state index contributed by atoms with van der Waals surface area (Å²) in [6, 6.07) is 7.60. The normalized spacial score (nSPS) is 18.0. The van der Waals surface area contributed by atoms with Crippen molar-refractivity contribution in [1.82, 2.24) is 5.01 Å². The number of nitrogens with one attached hydrogen (secondary N) is 1. The second-order valence-electron chi connectivity index (χ2n) is 6.44. The first kappa shape index (κ1) is 18.6. The minimum Gasteiger partial charge on any atom is -0.457 e. The maximum Gasteiger partial charge on any atom is 0.283 e. The number of thioether (sulfide) groups is 1. The van der Waals surface area contributed by atoms with Gasteiger partial charge in [-0.1, -0.05) is 25.4 Å². The molecule has 1 aromatic carbocycles. The molecule has 0 spiro atoms. The number of nitrogens with zero attached hydrogens (tertiary/aromatic N) is 3. The van der Waals surface area contributed by atoms with Crippen molar-refractivity contribution in [2.75, 3.05) is 0 Å². The molecule has 0 unspecified atom stereocenters. The third-order valence-electron chi connectivity index (χ3n) is 4.08. The number of carbonyl (C=O) groups is 1. The highest BCUT2D eigenvalue weighted by Gasteiger charge is 2.36. The maximum absolute atomic E-state index is 13.3. The summed E-state index contributed by atoms with van der Waals surface area (Å²) < 4.78 is 19.1. The van der Waals surface area contributed by atoms with Gasteiger partial charge in [-0.15, -0.1) is 0 Å². The van der Waals surface area contributed by atoms with Crippen molar-refractivity contribution in [1.29, 1.82) is 5.41 Å². The van der Waals surface area contributed by atoms with Crippen molar-refractivity contribution < 1.29 is 13.6 Å². The van der Waals surface area contributed by atoms with Crippen LogP contribution in [0.4, 0.5) is 4.39 Å². The molecule has 9 heteroatoms. The van der Waals surface area contributed by atoms with Crippen molar-refractivity contribution in [2.45, 2.75) is 13.8 Å². The number of hydrogen-bond donors (Lipinski definition) is 1. The highest BCUT2D eigenvalue weighted by Crippen LogP contribution is 2.32. The Balaban J connectivity index is 1.65. The number of furan rings is 1. The number of amides is 1. The Morgan fingerprint density at radius 3 is 2.82 bits per heavy atom. The fourth-order valence-corrected chi connectivity index (χ4v) is 3.69. The molecule has 0 radical (unpaired) electrons. The van der Waals surface area contributed by atoms with E-state index in [1.807, 2.05) is 13.8 Å². The molecule has 2 aliphatic heterocycles. The van der Waals surface area contributed by atoms with E-state index in [2.05, 4.69) is 10.1 Å². The van der Waals surface area contributed by atoms with Gasteiger partial charge in [0, 0.05) is 11.5 Å². The van der Waals surface area contributed by atoms with E-state index in [4.69, 9.17) is 21.4 Å². The third kappa shape index (κ3) is 3.29. The predicted octanol–water partition coefficient (Wildman–Crippen LogP) is 5.01. The topological polar surface area (TPSA) is 82.0 Å². The van der Waals surface area contributed by atoms with Gasteiger partial charge in [-0.25, -0.2) is 4.39 Å². The van der Waals surface area contributed by atoms with Gasteiger partial charge in [-0.05, 0) is 48.2 Å². The highest BCUT2D eigenvalue weighted by molar-refractivity contribution is 8.27. The van der Waals surface area contributed by atoms with Crippen LogP contribution in [0.3, 0.4) is 0 Å². The molecule has 28 heavy (non-hydrogen) atoms. The van der Waals surface area contributed by atoms with Crippen molar-refractivity contribution in [3.05, 3.63) is 52.5 Å². The number of halogens is 2. The van der Waals surface area contributed by atoms with Gasteiger partial charge < -0.3 is 4.42 Å². The number of fused-ring (bicyclic) bond motifs is 1. The van der Waals surface area contributed by atoms with Gasteiger partial charge >= 0.3 is 0 Å². The number of hydrazone groups is 1. The highest BCUT2D eigenvalue weighted by atomic mass is 35.5. The molecular formula is C19H14ClFN4O2S. The lowest BCUT2D eigenvalue weighted by molar-refractivity contribution is -0.114. The zero-order chi connectivity index (χ0) is 20.0. The summed E-state index contributed by atoms with van der Waals surface area (Å²) in [5.41, 5.74) is 0.680. The second kappa shape index (κ2) is 7.03. The van der Waals surface area contributed by atoms with Crippen LogP contribution >= 0.6 is 23.4 Å². The zero-order valence-electron chi connectivity index (χ0n) is 14.9. The first-order chi connectivity index (χ1) is 13.3. The fourth-order valence-electron chi connectivity index (χ4n) is 2.62. The molecule has 1 aromatic heterocycles. The molecule has 0 atom stereocenters. The van der Waals surface area contributed by atoms with Crippen molar-refractivity contribution in [2.24, 2.45) is 16.0 Å². The molecule has 0 bridgehead atoms. The number of rotatable bonds is 3. The summed E-state index contributed by atoms with van der Waals surface area (Å²) in [5, 5.41) is 15.2. The molecule has 0 aliphatic carbocycles. The van der Waals surface area contributed by atoms with E-state index < -0.39 is 11.7 Å². The van der Waals surface area contributed by atoms with E-state index in [0.29, 0.717) is 22.3 Å². The number of aliphatic imine (C=N–C) groups is 1. The van der Waals surface area contributed by atoms with E-state index in [1.165, 1.54) is 35.0 Å². The summed E-state index contributed by atoms with van der Waals surface area (Å²) in [6.45, 7) is 3.97. The second-order valence-corrected chi connectivity index (χ2v) is 7.84. The Hall–Kier alpha value is -2.71. The summed E-state index contributed by atoms with van der Waals surface area (Å²) in [4.78, 5) is 16.4. The van der Waals surface area contributed by atoms with Crippen LogP contribution in [-0.4, -0.2) is 27.0 Å². The summed E-state index contributed by atoms with van der Waals surface area (Å²) in [7, 11) is 0. The first-order valence-corrected chi connectivity index (χ1v) is 9.58. The minimum atomic E-state index is -0.522. The molecule has 0 saturated carbocycles. The van der Waals surface area contributed by atoms with Crippen LogP contribution in [0.15, 0.2) is 50.4 Å². The Bertz CT molecular complexity index is 1100. The van der Waals surface area contributed by atoms with Gasteiger partial charge in [0.25, 0.3) is 5.91 Å². The number of amidine groups is 2. The Morgan fingerprint density at radius 2 is 2.11 bits per heavy atom. The molecule has 1 amide bonds. The summed E-state index contributed by atoms with van der Waals surface area (Å²) in [6.07, 6.45) is 1.45.